The van der Waals surface area contributed by atoms with E-state index >= 15 is 0 Å². The Morgan fingerprint density at radius 3 is 2.63 bits per heavy atom. The smallest absolute Gasteiger partial charge is 0.331 e. The van der Waals surface area contributed by atoms with Gasteiger partial charge in [0.25, 0.3) is 0 Å². The maximum absolute atomic E-state index is 13.1. The van der Waals surface area contributed by atoms with Crippen LogP contribution in [0.25, 0.3) is 6.08 Å². The fraction of sp³-hybridized carbons (Fsp3) is 0.464. The molecule has 10 heteroatoms. The van der Waals surface area contributed by atoms with Gasteiger partial charge in [-0.3, -0.25) is 0 Å². The number of ether oxygens (including phenoxy) is 5. The van der Waals surface area contributed by atoms with E-state index in [1.165, 1.54) is 38.5 Å². The quantitative estimate of drug-likeness (QED) is 0.253. The molecule has 1 saturated carbocycles. The van der Waals surface area contributed by atoms with Crippen molar-refractivity contribution in [1.82, 2.24) is 5.32 Å². The van der Waals surface area contributed by atoms with Gasteiger partial charge in [-0.1, -0.05) is 12.1 Å². The van der Waals surface area contributed by atoms with Crippen molar-refractivity contribution < 1.29 is 43.8 Å². The molecule has 2 bridgehead atoms. The first kappa shape index (κ1) is 25.0. The molecule has 2 aliphatic heterocycles. The van der Waals surface area contributed by atoms with Gasteiger partial charge in [-0.15, -0.1) is 0 Å². The Kier molecular flexibility index (Phi) is 5.66. The van der Waals surface area contributed by atoms with Crippen molar-refractivity contribution in [2.45, 2.75) is 54.3 Å². The van der Waals surface area contributed by atoms with Crippen LogP contribution in [0.4, 0.5) is 0 Å². The number of aromatic hydroxyl groups is 3. The zero-order chi connectivity index (χ0) is 26.9. The minimum absolute atomic E-state index is 0.0446. The van der Waals surface area contributed by atoms with E-state index in [1.54, 1.807) is 25.3 Å². The lowest BCUT2D eigenvalue weighted by atomic mass is 9.50. The van der Waals surface area contributed by atoms with E-state index in [-0.39, 0.29) is 17.2 Å². The minimum atomic E-state index is -1.32. The third kappa shape index (κ3) is 3.05. The number of carbonyl (C=O) groups excluding carboxylic acids is 1. The average molecular weight is 526 g/mol. The number of rotatable bonds is 6. The van der Waals surface area contributed by atoms with Gasteiger partial charge >= 0.3 is 5.97 Å². The van der Waals surface area contributed by atoms with E-state index < -0.39 is 41.0 Å². The summed E-state index contributed by atoms with van der Waals surface area (Å²) >= 11 is 0. The second-order valence-corrected chi connectivity index (χ2v) is 10.3. The molecule has 2 aromatic rings. The van der Waals surface area contributed by atoms with Crippen LogP contribution in [0.3, 0.4) is 0 Å². The standard InChI is InChI=1S/C28H31NO9/c1-34-19-8-4-15(12-18(19)31)5-9-22(32)37-21-13-26-10-11-29-27(26)14-20(38-28(27,36-3)25(21)35-2)16-6-7-17(30)24(33)23(16)26/h4-9,12,20-21,25,29-31,33H,10-11,13-14H2,1-3H3/t20-,21+,25+,26-,27+,28+/m1/s1. The number of hydrogen-bond acceptors (Lipinski definition) is 10. The summed E-state index contributed by atoms with van der Waals surface area (Å²) in [5.41, 5.74) is 0.472. The van der Waals surface area contributed by atoms with E-state index in [2.05, 4.69) is 5.32 Å². The van der Waals surface area contributed by atoms with Gasteiger partial charge in [-0.2, -0.15) is 0 Å². The van der Waals surface area contributed by atoms with E-state index in [1.807, 2.05) is 0 Å². The van der Waals surface area contributed by atoms with Gasteiger partial charge < -0.3 is 44.3 Å². The van der Waals surface area contributed by atoms with Crippen molar-refractivity contribution in [3.63, 3.8) is 0 Å². The van der Waals surface area contributed by atoms with Crippen LogP contribution in [0, 0.1) is 0 Å². The number of nitrogens with one attached hydrogen (secondary N) is 1. The molecule has 2 aromatic carbocycles. The third-order valence-corrected chi connectivity index (χ3v) is 8.91. The summed E-state index contributed by atoms with van der Waals surface area (Å²) in [5, 5.41) is 35.2. The van der Waals surface area contributed by atoms with E-state index in [4.69, 9.17) is 23.7 Å². The molecule has 2 saturated heterocycles. The number of fused-ring (bicyclic) bond motifs is 3. The number of esters is 1. The number of carbonyl (C=O) groups is 1. The fourth-order valence-corrected chi connectivity index (χ4v) is 7.54. The van der Waals surface area contributed by atoms with Crippen LogP contribution in [0.1, 0.15) is 42.1 Å². The number of phenols is 3. The van der Waals surface area contributed by atoms with Crippen LogP contribution >= 0.6 is 0 Å². The zero-order valence-corrected chi connectivity index (χ0v) is 21.4. The highest BCUT2D eigenvalue weighted by Crippen LogP contribution is 2.71. The summed E-state index contributed by atoms with van der Waals surface area (Å²) in [4.78, 5) is 13.1. The number of hydrogen-bond donors (Lipinski definition) is 4. The summed E-state index contributed by atoms with van der Waals surface area (Å²) < 4.78 is 29.8. The molecule has 1 spiro atoms. The molecule has 3 fully saturated rings. The largest absolute Gasteiger partial charge is 0.504 e. The molecular weight excluding hydrogens is 494 g/mol. The lowest BCUT2D eigenvalue weighted by Crippen LogP contribution is -2.77. The Morgan fingerprint density at radius 2 is 1.92 bits per heavy atom. The van der Waals surface area contributed by atoms with Crippen LogP contribution in [-0.4, -0.2) is 72.7 Å². The highest BCUT2D eigenvalue weighted by molar-refractivity contribution is 5.87. The molecule has 6 rings (SSSR count). The zero-order valence-electron chi connectivity index (χ0n) is 21.4. The summed E-state index contributed by atoms with van der Waals surface area (Å²) in [6, 6.07) is 8.04. The monoisotopic (exact) mass is 525 g/mol. The molecule has 0 amide bonds. The minimum Gasteiger partial charge on any atom is -0.504 e. The van der Waals surface area contributed by atoms with Crippen LogP contribution in [0.2, 0.25) is 0 Å². The Labute approximate surface area is 219 Å². The van der Waals surface area contributed by atoms with Gasteiger partial charge in [0.15, 0.2) is 23.0 Å². The number of methoxy groups -OCH3 is 3. The number of benzene rings is 2. The van der Waals surface area contributed by atoms with Crippen LogP contribution in [-0.2, 0) is 29.2 Å². The molecule has 4 aliphatic rings. The lowest BCUT2D eigenvalue weighted by Gasteiger charge is -2.59. The summed E-state index contributed by atoms with van der Waals surface area (Å²) in [6.45, 7) is 0.619. The number of phenolic OH excluding ortho intramolecular Hbond substituents is 3. The van der Waals surface area contributed by atoms with Gasteiger partial charge in [0, 0.05) is 37.7 Å². The van der Waals surface area contributed by atoms with Crippen molar-refractivity contribution in [1.29, 1.82) is 0 Å². The lowest BCUT2D eigenvalue weighted by molar-refractivity contribution is -0.328. The average Bonchev–Trinajstić information content (AvgIpc) is 3.45. The molecule has 38 heavy (non-hydrogen) atoms. The van der Waals surface area contributed by atoms with Gasteiger partial charge in [0.2, 0.25) is 5.79 Å². The molecule has 202 valence electrons. The second-order valence-electron chi connectivity index (χ2n) is 10.3. The first-order valence-corrected chi connectivity index (χ1v) is 12.6. The van der Waals surface area contributed by atoms with Gasteiger partial charge in [-0.25, -0.2) is 4.79 Å². The predicted octanol–water partition coefficient (Wildman–Crippen LogP) is 2.64. The SMILES string of the molecule is COc1ccc(C=CC(=O)O[C@H]2C[C@@]34CCN[C@@]35C[C@@H](O[C@@]5(OC)[C@H]2OC)c2ccc(O)c(O)c24)cc1O. The normalized spacial score (nSPS) is 34.7. The molecule has 4 N–H and O–H groups in total. The third-order valence-electron chi connectivity index (χ3n) is 8.91. The molecule has 2 heterocycles. The van der Waals surface area contributed by atoms with Gasteiger partial charge in [0.05, 0.1) is 18.8 Å². The van der Waals surface area contributed by atoms with Gasteiger partial charge in [-0.05, 0) is 54.8 Å². The highest BCUT2D eigenvalue weighted by Gasteiger charge is 2.81. The first-order chi connectivity index (χ1) is 18.3. The summed E-state index contributed by atoms with van der Waals surface area (Å²) in [5.74, 6) is -2.04. The summed E-state index contributed by atoms with van der Waals surface area (Å²) in [6.07, 6.45) is 2.36. The van der Waals surface area contributed by atoms with Crippen LogP contribution in [0.5, 0.6) is 23.0 Å². The highest BCUT2D eigenvalue weighted by atomic mass is 16.7. The molecule has 10 nitrogen and oxygen atoms in total. The predicted molar refractivity (Wildman–Crippen MR) is 134 cm³/mol. The van der Waals surface area contributed by atoms with E-state index in [0.717, 1.165) is 5.56 Å². The fourth-order valence-electron chi connectivity index (χ4n) is 7.54. The first-order valence-electron chi connectivity index (χ1n) is 12.6. The Hall–Kier alpha value is -3.31. The van der Waals surface area contributed by atoms with Crippen LogP contribution in [0.15, 0.2) is 36.4 Å². The van der Waals surface area contributed by atoms with Crippen LogP contribution < -0.4 is 10.1 Å². The molecule has 0 aromatic heterocycles. The molecule has 0 radical (unpaired) electrons. The van der Waals surface area contributed by atoms with Crippen molar-refractivity contribution in [2.75, 3.05) is 27.9 Å². The van der Waals surface area contributed by atoms with Crippen molar-refractivity contribution in [3.8, 4) is 23.0 Å². The topological polar surface area (TPSA) is 136 Å². The second kappa shape index (κ2) is 8.60. The molecule has 0 unspecified atom stereocenters. The van der Waals surface area contributed by atoms with Gasteiger partial charge in [0.1, 0.15) is 12.2 Å². The molecule has 6 atom stereocenters. The summed E-state index contributed by atoms with van der Waals surface area (Å²) in [7, 11) is 4.54. The van der Waals surface area contributed by atoms with E-state index in [9.17, 15) is 20.1 Å². The Morgan fingerprint density at radius 1 is 1.11 bits per heavy atom. The van der Waals surface area contributed by atoms with Crippen molar-refractivity contribution >= 4 is 12.0 Å². The molecule has 2 aliphatic carbocycles. The molecular formula is C28H31NO9. The van der Waals surface area contributed by atoms with Crippen molar-refractivity contribution in [2.24, 2.45) is 0 Å². The Balaban J connectivity index is 1.39. The van der Waals surface area contributed by atoms with Crippen molar-refractivity contribution in [3.05, 3.63) is 53.1 Å². The van der Waals surface area contributed by atoms with E-state index in [0.29, 0.717) is 42.7 Å². The maximum Gasteiger partial charge on any atom is 0.331 e. The Bertz CT molecular complexity index is 1330. The maximum atomic E-state index is 13.1.